The zero-order valence-electron chi connectivity index (χ0n) is 12.4. The minimum atomic E-state index is -3.99. The number of hydrogen-bond acceptors (Lipinski definition) is 5. The van der Waals surface area contributed by atoms with Gasteiger partial charge in [-0.2, -0.15) is 8.42 Å². The number of aldehydes is 1. The molecule has 0 atom stereocenters. The van der Waals surface area contributed by atoms with Crippen LogP contribution in [0.1, 0.15) is 12.0 Å². The number of rotatable bonds is 7. The Hall–Kier alpha value is -2.05. The highest BCUT2D eigenvalue weighted by atomic mass is 35.5. The molecule has 0 saturated carbocycles. The first kappa shape index (κ1) is 17.3. The summed E-state index contributed by atoms with van der Waals surface area (Å²) in [5, 5.41) is 0.303. The molecule has 2 rings (SSSR count). The highest BCUT2D eigenvalue weighted by molar-refractivity contribution is 7.87. The van der Waals surface area contributed by atoms with Crippen LogP contribution in [0, 0.1) is 6.92 Å². The first-order valence-electron chi connectivity index (χ1n) is 6.79. The first-order valence-corrected chi connectivity index (χ1v) is 8.57. The van der Waals surface area contributed by atoms with Crippen molar-refractivity contribution in [3.63, 3.8) is 0 Å². The summed E-state index contributed by atoms with van der Waals surface area (Å²) < 4.78 is 35.1. The molecule has 0 saturated heterocycles. The Bertz CT molecular complexity index is 802. The fourth-order valence-corrected chi connectivity index (χ4v) is 3.08. The van der Waals surface area contributed by atoms with Crippen molar-refractivity contribution < 1.29 is 22.1 Å². The summed E-state index contributed by atoms with van der Waals surface area (Å²) in [5.74, 6) is 0.564. The van der Waals surface area contributed by atoms with Crippen LogP contribution in [0.4, 0.5) is 0 Å². The molecule has 0 aliphatic carbocycles. The third kappa shape index (κ3) is 4.97. The molecule has 0 aliphatic rings. The van der Waals surface area contributed by atoms with Crippen LogP contribution in [-0.4, -0.2) is 21.3 Å². The number of benzene rings is 2. The van der Waals surface area contributed by atoms with Crippen molar-refractivity contribution in [2.75, 3.05) is 6.61 Å². The molecule has 23 heavy (non-hydrogen) atoms. The minimum Gasteiger partial charge on any atom is -0.493 e. The van der Waals surface area contributed by atoms with E-state index in [1.807, 2.05) is 0 Å². The number of ether oxygens (including phenoxy) is 1. The fraction of sp³-hybridized carbons (Fsp3) is 0.188. The Morgan fingerprint density at radius 3 is 2.57 bits per heavy atom. The van der Waals surface area contributed by atoms with E-state index in [-0.39, 0.29) is 23.7 Å². The lowest BCUT2D eigenvalue weighted by atomic mass is 10.2. The van der Waals surface area contributed by atoms with Gasteiger partial charge in [0.05, 0.1) is 6.61 Å². The Kier molecular flexibility index (Phi) is 5.63. The predicted molar refractivity (Wildman–Crippen MR) is 86.6 cm³/mol. The summed E-state index contributed by atoms with van der Waals surface area (Å²) in [7, 11) is -3.99. The van der Waals surface area contributed by atoms with Gasteiger partial charge in [-0.05, 0) is 42.8 Å². The van der Waals surface area contributed by atoms with Crippen molar-refractivity contribution in [2.24, 2.45) is 0 Å². The lowest BCUT2D eigenvalue weighted by Crippen LogP contribution is -2.10. The predicted octanol–water partition coefficient (Wildman–Crippen LogP) is 3.38. The van der Waals surface area contributed by atoms with Crippen molar-refractivity contribution in [1.29, 1.82) is 0 Å². The largest absolute Gasteiger partial charge is 0.493 e. The van der Waals surface area contributed by atoms with Gasteiger partial charge >= 0.3 is 10.1 Å². The Morgan fingerprint density at radius 2 is 1.87 bits per heavy atom. The van der Waals surface area contributed by atoms with Crippen LogP contribution in [-0.2, 0) is 14.9 Å². The standard InChI is InChI=1S/C16H15ClO5S/c1-12-8-14(21-7-3-6-18)11-15(9-12)22-23(19,20)16-5-2-4-13(17)10-16/h2,4-6,8-11H,3,7H2,1H3. The molecule has 0 N–H and O–H groups in total. The van der Waals surface area contributed by atoms with Crippen LogP contribution < -0.4 is 8.92 Å². The van der Waals surface area contributed by atoms with Crippen LogP contribution in [0.5, 0.6) is 11.5 Å². The van der Waals surface area contributed by atoms with Gasteiger partial charge in [-0.25, -0.2) is 0 Å². The molecular weight excluding hydrogens is 340 g/mol. The Labute approximate surface area is 139 Å². The van der Waals surface area contributed by atoms with E-state index < -0.39 is 10.1 Å². The molecule has 2 aromatic rings. The number of hydrogen-bond donors (Lipinski definition) is 0. The molecule has 0 heterocycles. The normalized spacial score (nSPS) is 11.0. The van der Waals surface area contributed by atoms with Gasteiger partial charge in [-0.15, -0.1) is 0 Å². The summed E-state index contributed by atoms with van der Waals surface area (Å²) in [5.41, 5.74) is 0.768. The molecule has 122 valence electrons. The number of halogens is 1. The van der Waals surface area contributed by atoms with Gasteiger partial charge in [0.15, 0.2) is 0 Å². The zero-order chi connectivity index (χ0) is 16.9. The molecule has 0 spiro atoms. The van der Waals surface area contributed by atoms with Gasteiger partial charge in [-0.1, -0.05) is 17.7 Å². The number of aryl methyl sites for hydroxylation is 1. The van der Waals surface area contributed by atoms with Crippen molar-refractivity contribution in [3.8, 4) is 11.5 Å². The van der Waals surface area contributed by atoms with Crippen molar-refractivity contribution in [1.82, 2.24) is 0 Å². The van der Waals surface area contributed by atoms with E-state index in [2.05, 4.69) is 0 Å². The van der Waals surface area contributed by atoms with Crippen LogP contribution in [0.3, 0.4) is 0 Å². The topological polar surface area (TPSA) is 69.7 Å². The Balaban J connectivity index is 2.23. The van der Waals surface area contributed by atoms with Crippen LogP contribution >= 0.6 is 11.6 Å². The minimum absolute atomic E-state index is 0.0325. The molecule has 0 radical (unpaired) electrons. The molecule has 0 aromatic heterocycles. The molecule has 5 nitrogen and oxygen atoms in total. The van der Waals surface area contributed by atoms with Gasteiger partial charge in [0.2, 0.25) is 0 Å². The zero-order valence-corrected chi connectivity index (χ0v) is 13.9. The second kappa shape index (κ2) is 7.48. The van der Waals surface area contributed by atoms with Crippen LogP contribution in [0.25, 0.3) is 0 Å². The monoisotopic (exact) mass is 354 g/mol. The first-order chi connectivity index (χ1) is 10.9. The second-order valence-corrected chi connectivity index (χ2v) is 6.76. The van der Waals surface area contributed by atoms with Gasteiger partial charge in [0.1, 0.15) is 22.7 Å². The SMILES string of the molecule is Cc1cc(OCCC=O)cc(OS(=O)(=O)c2cccc(Cl)c2)c1. The third-order valence-corrected chi connectivity index (χ3v) is 4.30. The van der Waals surface area contributed by atoms with Crippen LogP contribution in [0.2, 0.25) is 5.02 Å². The van der Waals surface area contributed by atoms with Crippen molar-refractivity contribution in [2.45, 2.75) is 18.2 Å². The summed E-state index contributed by atoms with van der Waals surface area (Å²) in [6.45, 7) is 2.00. The lowest BCUT2D eigenvalue weighted by Gasteiger charge is -2.11. The molecule has 2 aromatic carbocycles. The lowest BCUT2D eigenvalue weighted by molar-refractivity contribution is -0.108. The smallest absolute Gasteiger partial charge is 0.339 e. The molecule has 0 amide bonds. The molecule has 7 heteroatoms. The summed E-state index contributed by atoms with van der Waals surface area (Å²) in [6, 6.07) is 10.6. The molecule has 0 bridgehead atoms. The molecule has 0 unspecified atom stereocenters. The number of carbonyl (C=O) groups excluding carboxylic acids is 1. The van der Waals surface area contributed by atoms with E-state index in [4.69, 9.17) is 20.5 Å². The maximum Gasteiger partial charge on any atom is 0.339 e. The van der Waals surface area contributed by atoms with Crippen molar-refractivity contribution in [3.05, 3.63) is 53.1 Å². The van der Waals surface area contributed by atoms with E-state index in [1.165, 1.54) is 24.3 Å². The highest BCUT2D eigenvalue weighted by Gasteiger charge is 2.17. The maximum absolute atomic E-state index is 12.3. The average molecular weight is 355 g/mol. The summed E-state index contributed by atoms with van der Waals surface area (Å²) in [6.07, 6.45) is 1.00. The number of carbonyl (C=O) groups is 1. The van der Waals surface area contributed by atoms with E-state index in [1.54, 1.807) is 25.1 Å². The van der Waals surface area contributed by atoms with Crippen LogP contribution in [0.15, 0.2) is 47.4 Å². The quantitative estimate of drug-likeness (QED) is 0.433. The summed E-state index contributed by atoms with van der Waals surface area (Å²) >= 11 is 5.81. The average Bonchev–Trinajstić information content (AvgIpc) is 2.46. The van der Waals surface area contributed by atoms with Gasteiger partial charge in [-0.3, -0.25) is 0 Å². The fourth-order valence-electron chi connectivity index (χ4n) is 1.87. The van der Waals surface area contributed by atoms with E-state index in [0.29, 0.717) is 10.8 Å². The van der Waals surface area contributed by atoms with E-state index in [9.17, 15) is 13.2 Å². The molecular formula is C16H15ClO5S. The second-order valence-electron chi connectivity index (χ2n) is 4.78. The van der Waals surface area contributed by atoms with Gasteiger partial charge in [0, 0.05) is 17.5 Å². The van der Waals surface area contributed by atoms with Gasteiger partial charge < -0.3 is 13.7 Å². The summed E-state index contributed by atoms with van der Waals surface area (Å²) in [4.78, 5) is 10.3. The van der Waals surface area contributed by atoms with Crippen molar-refractivity contribution >= 4 is 28.0 Å². The molecule has 0 aliphatic heterocycles. The van der Waals surface area contributed by atoms with Gasteiger partial charge in [0.25, 0.3) is 0 Å². The highest BCUT2D eigenvalue weighted by Crippen LogP contribution is 2.26. The maximum atomic E-state index is 12.3. The Morgan fingerprint density at radius 1 is 1.13 bits per heavy atom. The van der Waals surface area contributed by atoms with E-state index >= 15 is 0 Å². The molecule has 0 fully saturated rings. The van der Waals surface area contributed by atoms with E-state index in [0.717, 1.165) is 11.8 Å². The third-order valence-electron chi connectivity index (χ3n) is 2.82.